The Hall–Kier alpha value is -3.18. The molecule has 1 aromatic heterocycles. The first-order chi connectivity index (χ1) is 19.8. The Morgan fingerprint density at radius 2 is 1.81 bits per heavy atom. The molecule has 1 saturated heterocycles. The van der Waals surface area contributed by atoms with Crippen molar-refractivity contribution < 1.29 is 19.1 Å². The van der Waals surface area contributed by atoms with Crippen LogP contribution in [0.1, 0.15) is 49.2 Å². The third-order valence-corrected chi connectivity index (χ3v) is 9.35. The van der Waals surface area contributed by atoms with Gasteiger partial charge in [-0.25, -0.2) is 4.79 Å². The number of likely N-dealkylation sites (N-methyl/N-ethyl adjacent to an activating group) is 1. The molecule has 2 atom stereocenters. The van der Waals surface area contributed by atoms with Gasteiger partial charge in [-0.2, -0.15) is 0 Å². The van der Waals surface area contributed by atoms with E-state index in [0.717, 1.165) is 41.0 Å². The summed E-state index contributed by atoms with van der Waals surface area (Å²) in [6.07, 6.45) is 0. The van der Waals surface area contributed by atoms with Gasteiger partial charge in [0.15, 0.2) is 0 Å². The second-order valence-corrected chi connectivity index (χ2v) is 13.4. The number of rotatable bonds is 9. The van der Waals surface area contributed by atoms with E-state index < -0.39 is 6.03 Å². The number of urea groups is 1. The first-order valence-electron chi connectivity index (χ1n) is 14.4. The molecule has 0 radical (unpaired) electrons. The van der Waals surface area contributed by atoms with Crippen LogP contribution in [0.4, 0.5) is 16.2 Å². The van der Waals surface area contributed by atoms with Crippen LogP contribution in [0.3, 0.4) is 0 Å². The van der Waals surface area contributed by atoms with Gasteiger partial charge in [-0.05, 0) is 51.6 Å². The maximum absolute atomic E-state index is 13.1. The van der Waals surface area contributed by atoms with Crippen LogP contribution in [0.25, 0.3) is 10.8 Å². The highest BCUT2D eigenvalue weighted by molar-refractivity contribution is 7.14. The summed E-state index contributed by atoms with van der Waals surface area (Å²) in [7, 11) is 5.73. The highest BCUT2D eigenvalue weighted by Gasteiger charge is 2.39. The highest BCUT2D eigenvalue weighted by atomic mass is 32.1. The summed E-state index contributed by atoms with van der Waals surface area (Å²) in [4.78, 5) is 31.7. The number of ether oxygens (including phenoxy) is 2. The number of carbonyl (C=O) groups is 2. The normalized spacial score (nSPS) is 19.6. The average Bonchev–Trinajstić information content (AvgIpc) is 3.35. The minimum atomic E-state index is -0.417. The van der Waals surface area contributed by atoms with Crippen molar-refractivity contribution >= 4 is 45.4 Å². The average molecular weight is 596 g/mol. The molecule has 0 bridgehead atoms. The zero-order valence-electron chi connectivity index (χ0n) is 26.1. The van der Waals surface area contributed by atoms with E-state index in [9.17, 15) is 9.59 Å². The monoisotopic (exact) mass is 595 g/mol. The van der Waals surface area contributed by atoms with Gasteiger partial charge in [0.2, 0.25) is 0 Å². The maximum Gasteiger partial charge on any atom is 0.323 e. The molecule has 1 aliphatic heterocycles. The van der Waals surface area contributed by atoms with Crippen molar-refractivity contribution in [1.82, 2.24) is 15.1 Å². The summed E-state index contributed by atoms with van der Waals surface area (Å²) in [6.45, 7) is 14.4. The third-order valence-electron chi connectivity index (χ3n) is 7.79. The zero-order chi connectivity index (χ0) is 30.7. The molecule has 2 unspecified atom stereocenters. The number of morpholine rings is 1. The van der Waals surface area contributed by atoms with Crippen molar-refractivity contribution in [2.45, 2.75) is 51.7 Å². The number of nitrogens with one attached hydrogen (secondary N) is 3. The van der Waals surface area contributed by atoms with Gasteiger partial charge in [0.1, 0.15) is 17.2 Å². The van der Waals surface area contributed by atoms with Gasteiger partial charge in [-0.15, -0.1) is 11.3 Å². The van der Waals surface area contributed by atoms with Gasteiger partial charge in [0, 0.05) is 48.4 Å². The molecule has 10 heteroatoms. The van der Waals surface area contributed by atoms with Crippen molar-refractivity contribution in [3.05, 3.63) is 52.2 Å². The van der Waals surface area contributed by atoms with E-state index in [4.69, 9.17) is 9.47 Å². The van der Waals surface area contributed by atoms with Gasteiger partial charge < -0.3 is 30.3 Å². The zero-order valence-corrected chi connectivity index (χ0v) is 26.9. The van der Waals surface area contributed by atoms with E-state index in [-0.39, 0.29) is 23.0 Å². The first kappa shape index (κ1) is 31.7. The molecule has 0 spiro atoms. The van der Waals surface area contributed by atoms with Crippen molar-refractivity contribution in [2.24, 2.45) is 0 Å². The molecule has 0 aliphatic carbocycles. The van der Waals surface area contributed by atoms with E-state index >= 15 is 0 Å². The first-order valence-corrected chi connectivity index (χ1v) is 15.3. The molecular formula is C32H45N5O4S. The molecule has 0 saturated carbocycles. The second-order valence-electron chi connectivity index (χ2n) is 12.4. The lowest BCUT2D eigenvalue weighted by molar-refractivity contribution is -0.141. The van der Waals surface area contributed by atoms with E-state index in [1.54, 1.807) is 7.05 Å². The Morgan fingerprint density at radius 3 is 2.48 bits per heavy atom. The van der Waals surface area contributed by atoms with E-state index in [1.807, 2.05) is 42.5 Å². The summed E-state index contributed by atoms with van der Waals surface area (Å²) in [5.41, 5.74) is 0.761. The van der Waals surface area contributed by atoms with E-state index in [2.05, 4.69) is 74.5 Å². The number of fused-ring (bicyclic) bond motifs is 1. The van der Waals surface area contributed by atoms with Crippen LogP contribution in [0.5, 0.6) is 5.75 Å². The molecule has 2 heterocycles. The van der Waals surface area contributed by atoms with Crippen molar-refractivity contribution in [3.63, 3.8) is 0 Å². The van der Waals surface area contributed by atoms with Crippen LogP contribution in [0.2, 0.25) is 0 Å². The second kappa shape index (κ2) is 13.0. The molecule has 3 aromatic rings. The molecule has 4 rings (SSSR count). The number of hydrogen-bond acceptors (Lipinski definition) is 7. The smallest absolute Gasteiger partial charge is 0.323 e. The molecule has 2 aromatic carbocycles. The minimum absolute atomic E-state index is 0.151. The Labute approximate surface area is 253 Å². The topological polar surface area (TPSA) is 95.2 Å². The number of nitrogens with zero attached hydrogens (tertiary/aromatic N) is 2. The van der Waals surface area contributed by atoms with E-state index in [1.165, 1.54) is 11.3 Å². The number of anilines is 2. The van der Waals surface area contributed by atoms with Gasteiger partial charge >= 0.3 is 6.03 Å². The molecule has 1 aliphatic rings. The Kier molecular flexibility index (Phi) is 9.82. The quantitative estimate of drug-likeness (QED) is 0.297. The summed E-state index contributed by atoms with van der Waals surface area (Å²) in [6, 6.07) is 13.3. The fraction of sp³-hybridized carbons (Fsp3) is 0.500. The lowest BCUT2D eigenvalue weighted by Crippen LogP contribution is -2.61. The van der Waals surface area contributed by atoms with Gasteiger partial charge in [-0.3, -0.25) is 9.69 Å². The van der Waals surface area contributed by atoms with Crippen molar-refractivity contribution in [2.75, 3.05) is 64.6 Å². The predicted octanol–water partition coefficient (Wildman–Crippen LogP) is 5.62. The third kappa shape index (κ3) is 7.23. The van der Waals surface area contributed by atoms with Crippen LogP contribution >= 0.6 is 11.3 Å². The van der Waals surface area contributed by atoms with Crippen LogP contribution in [-0.2, 0) is 10.2 Å². The lowest BCUT2D eigenvalue weighted by Gasteiger charge is -2.47. The number of hydrogen-bond donors (Lipinski definition) is 3. The summed E-state index contributed by atoms with van der Waals surface area (Å²) < 4.78 is 12.5. The number of benzene rings is 2. The maximum atomic E-state index is 13.1. The molecule has 228 valence electrons. The standard InChI is InChI=1S/C32H45N5O4S/c1-21-32(5,20-36(7)8)41-18-16-37(21)15-17-40-26-14-13-24(22-11-9-10-12-23(22)26)34-30(39)35-25-19-27(31(2,3)4)42-28(25)29(38)33-6/h9-14,19,21H,15-18,20H2,1-8H3,(H,33,38)(H2,34,35,39). The largest absolute Gasteiger partial charge is 0.492 e. The molecule has 1 fully saturated rings. The molecule has 9 nitrogen and oxygen atoms in total. The Balaban J connectivity index is 1.45. The number of thiophene rings is 1. The summed E-state index contributed by atoms with van der Waals surface area (Å²) in [5, 5.41) is 10.3. The summed E-state index contributed by atoms with van der Waals surface area (Å²) in [5.74, 6) is 0.537. The fourth-order valence-electron chi connectivity index (χ4n) is 5.40. The Morgan fingerprint density at radius 1 is 1.12 bits per heavy atom. The fourth-order valence-corrected chi connectivity index (χ4v) is 6.52. The minimum Gasteiger partial charge on any atom is -0.492 e. The Bertz CT molecular complexity index is 1420. The van der Waals surface area contributed by atoms with Crippen LogP contribution in [0.15, 0.2) is 42.5 Å². The number of carbonyl (C=O) groups excluding carboxylic acids is 2. The van der Waals surface area contributed by atoms with Gasteiger partial charge in [-0.1, -0.05) is 45.0 Å². The van der Waals surface area contributed by atoms with Crippen molar-refractivity contribution in [3.8, 4) is 5.75 Å². The van der Waals surface area contributed by atoms with Gasteiger partial charge in [0.25, 0.3) is 5.91 Å². The lowest BCUT2D eigenvalue weighted by atomic mass is 9.94. The summed E-state index contributed by atoms with van der Waals surface area (Å²) >= 11 is 1.39. The molecule has 42 heavy (non-hydrogen) atoms. The SMILES string of the molecule is CNC(=O)c1sc(C(C)(C)C)cc1NC(=O)Nc1ccc(OCCN2CCOC(C)(CN(C)C)C2C)c2ccccc12. The molecular weight excluding hydrogens is 550 g/mol. The van der Waals surface area contributed by atoms with E-state index in [0.29, 0.717) is 29.5 Å². The molecule has 3 amide bonds. The van der Waals surface area contributed by atoms with Crippen LogP contribution in [0, 0.1) is 0 Å². The van der Waals surface area contributed by atoms with Crippen molar-refractivity contribution in [1.29, 1.82) is 0 Å². The van der Waals surface area contributed by atoms with Crippen LogP contribution < -0.4 is 20.7 Å². The number of amides is 3. The molecule has 3 N–H and O–H groups in total. The predicted molar refractivity (Wildman–Crippen MR) is 172 cm³/mol. The van der Waals surface area contributed by atoms with Crippen LogP contribution in [-0.4, -0.2) is 87.4 Å². The highest BCUT2D eigenvalue weighted by Crippen LogP contribution is 2.36. The van der Waals surface area contributed by atoms with Gasteiger partial charge in [0.05, 0.1) is 23.6 Å².